The molecule has 6 heteroatoms. The molecule has 1 heterocycles. The number of aromatic nitrogens is 1. The van der Waals surface area contributed by atoms with Crippen LogP contribution in [0.5, 0.6) is 0 Å². The maximum atomic E-state index is 12.4. The first-order valence-electron chi connectivity index (χ1n) is 6.54. The average molecular weight is 278 g/mol. The van der Waals surface area contributed by atoms with Crippen LogP contribution in [-0.4, -0.2) is 34.1 Å². The molecule has 0 saturated carbocycles. The quantitative estimate of drug-likeness (QED) is 0.846. The summed E-state index contributed by atoms with van der Waals surface area (Å²) >= 11 is 0. The van der Waals surface area contributed by atoms with Crippen LogP contribution in [-0.2, 0) is 16.1 Å². The van der Waals surface area contributed by atoms with Crippen LogP contribution in [0.4, 0.5) is 0 Å². The molecule has 0 spiro atoms. The standard InChI is InChI=1S/C14H18N2O4/c1-9-7-10(15-20-9)8-16(2)13(17)11-5-3-4-6-12(11)14(18)19/h3-4,7,11-12H,5-6,8H2,1-2H3,(H,18,19). The largest absolute Gasteiger partial charge is 0.481 e. The van der Waals surface area contributed by atoms with Crippen molar-refractivity contribution in [1.29, 1.82) is 0 Å². The number of nitrogens with zero attached hydrogens (tertiary/aromatic N) is 2. The van der Waals surface area contributed by atoms with Crippen LogP contribution in [0.25, 0.3) is 0 Å². The normalized spacial score (nSPS) is 21.7. The highest BCUT2D eigenvalue weighted by molar-refractivity contribution is 5.85. The van der Waals surface area contributed by atoms with Crippen LogP contribution in [0.15, 0.2) is 22.7 Å². The van der Waals surface area contributed by atoms with Crippen molar-refractivity contribution >= 4 is 11.9 Å². The van der Waals surface area contributed by atoms with Crippen molar-refractivity contribution in [3.63, 3.8) is 0 Å². The number of carboxylic acid groups (broad SMARTS) is 1. The smallest absolute Gasteiger partial charge is 0.307 e. The van der Waals surface area contributed by atoms with Crippen molar-refractivity contribution in [2.75, 3.05) is 7.05 Å². The van der Waals surface area contributed by atoms with Gasteiger partial charge in [0.1, 0.15) is 11.5 Å². The Morgan fingerprint density at radius 3 is 2.60 bits per heavy atom. The Morgan fingerprint density at radius 2 is 2.05 bits per heavy atom. The van der Waals surface area contributed by atoms with Crippen LogP contribution < -0.4 is 0 Å². The summed E-state index contributed by atoms with van der Waals surface area (Å²) in [6.45, 7) is 2.10. The number of aliphatic carboxylic acids is 1. The first-order chi connectivity index (χ1) is 9.49. The number of rotatable bonds is 4. The molecule has 2 unspecified atom stereocenters. The second-order valence-corrected chi connectivity index (χ2v) is 5.12. The van der Waals surface area contributed by atoms with Crippen molar-refractivity contribution in [2.24, 2.45) is 11.8 Å². The SMILES string of the molecule is Cc1cc(CN(C)C(=O)C2CC=CCC2C(=O)O)no1. The summed E-state index contributed by atoms with van der Waals surface area (Å²) < 4.78 is 4.96. The fraction of sp³-hybridized carbons (Fsp3) is 0.500. The van der Waals surface area contributed by atoms with E-state index >= 15 is 0 Å². The van der Waals surface area contributed by atoms with E-state index in [4.69, 9.17) is 4.52 Å². The Balaban J connectivity index is 2.05. The fourth-order valence-corrected chi connectivity index (χ4v) is 2.46. The summed E-state index contributed by atoms with van der Waals surface area (Å²) in [4.78, 5) is 25.1. The molecule has 2 rings (SSSR count). The third-order valence-corrected chi connectivity index (χ3v) is 3.52. The molecule has 1 N–H and O–H groups in total. The van der Waals surface area contributed by atoms with Crippen LogP contribution in [0.2, 0.25) is 0 Å². The van der Waals surface area contributed by atoms with Gasteiger partial charge in [0.2, 0.25) is 5.91 Å². The van der Waals surface area contributed by atoms with Gasteiger partial charge in [0.15, 0.2) is 0 Å². The molecular formula is C14H18N2O4. The molecule has 0 aliphatic heterocycles. The molecule has 0 aromatic carbocycles. The van der Waals surface area contributed by atoms with Gasteiger partial charge in [-0.05, 0) is 19.8 Å². The molecule has 0 saturated heterocycles. The molecule has 1 aromatic rings. The number of hydrogen-bond acceptors (Lipinski definition) is 4. The Kier molecular flexibility index (Phi) is 4.22. The first kappa shape index (κ1) is 14.3. The van der Waals surface area contributed by atoms with Gasteiger partial charge in [-0.3, -0.25) is 9.59 Å². The number of aryl methyl sites for hydroxylation is 1. The van der Waals surface area contributed by atoms with Crippen molar-refractivity contribution in [3.8, 4) is 0 Å². The Bertz CT molecular complexity index is 535. The second kappa shape index (κ2) is 5.90. The fourth-order valence-electron chi connectivity index (χ4n) is 2.46. The summed E-state index contributed by atoms with van der Waals surface area (Å²) in [5, 5.41) is 13.0. The summed E-state index contributed by atoms with van der Waals surface area (Å²) in [7, 11) is 1.66. The van der Waals surface area contributed by atoms with E-state index in [0.717, 1.165) is 0 Å². The maximum Gasteiger partial charge on any atom is 0.307 e. The number of hydrogen-bond donors (Lipinski definition) is 1. The lowest BCUT2D eigenvalue weighted by atomic mass is 9.82. The van der Waals surface area contributed by atoms with E-state index in [1.807, 2.05) is 12.2 Å². The number of allylic oxidation sites excluding steroid dienone is 2. The number of carboxylic acids is 1. The molecule has 1 aliphatic rings. The molecule has 0 fully saturated rings. The van der Waals surface area contributed by atoms with Crippen molar-refractivity contribution < 1.29 is 19.2 Å². The zero-order valence-corrected chi connectivity index (χ0v) is 11.6. The molecule has 2 atom stereocenters. The highest BCUT2D eigenvalue weighted by Crippen LogP contribution is 2.27. The minimum atomic E-state index is -0.918. The van der Waals surface area contributed by atoms with Gasteiger partial charge >= 0.3 is 5.97 Å². The van der Waals surface area contributed by atoms with E-state index in [9.17, 15) is 14.7 Å². The summed E-state index contributed by atoms with van der Waals surface area (Å²) in [5.74, 6) is -1.55. The molecule has 1 amide bonds. The number of amides is 1. The van der Waals surface area contributed by atoms with Crippen LogP contribution in [0.3, 0.4) is 0 Å². The number of carbonyl (C=O) groups excluding carboxylic acids is 1. The van der Waals surface area contributed by atoms with E-state index < -0.39 is 17.8 Å². The molecule has 6 nitrogen and oxygen atoms in total. The Morgan fingerprint density at radius 1 is 1.40 bits per heavy atom. The summed E-state index contributed by atoms with van der Waals surface area (Å²) in [6.07, 6.45) is 4.57. The average Bonchev–Trinajstić information content (AvgIpc) is 2.83. The van der Waals surface area contributed by atoms with Crippen LogP contribution in [0, 0.1) is 18.8 Å². The monoisotopic (exact) mass is 278 g/mol. The van der Waals surface area contributed by atoms with Gasteiger partial charge < -0.3 is 14.5 Å². The van der Waals surface area contributed by atoms with Gasteiger partial charge in [0, 0.05) is 13.1 Å². The maximum absolute atomic E-state index is 12.4. The minimum Gasteiger partial charge on any atom is -0.481 e. The molecule has 0 bridgehead atoms. The third kappa shape index (κ3) is 3.07. The predicted molar refractivity (Wildman–Crippen MR) is 70.7 cm³/mol. The van der Waals surface area contributed by atoms with Crippen molar-refractivity contribution in [2.45, 2.75) is 26.3 Å². The van der Waals surface area contributed by atoms with Gasteiger partial charge in [-0.15, -0.1) is 0 Å². The molecule has 1 aromatic heterocycles. The van der Waals surface area contributed by atoms with Gasteiger partial charge in [0.25, 0.3) is 0 Å². The Labute approximate surface area is 117 Å². The highest BCUT2D eigenvalue weighted by atomic mass is 16.5. The third-order valence-electron chi connectivity index (χ3n) is 3.52. The van der Waals surface area contributed by atoms with E-state index in [0.29, 0.717) is 30.8 Å². The predicted octanol–water partition coefficient (Wildman–Crippen LogP) is 1.61. The lowest BCUT2D eigenvalue weighted by molar-refractivity contribution is -0.150. The summed E-state index contributed by atoms with van der Waals surface area (Å²) in [5.41, 5.74) is 0.663. The second-order valence-electron chi connectivity index (χ2n) is 5.12. The van der Waals surface area contributed by atoms with Crippen molar-refractivity contribution in [3.05, 3.63) is 29.7 Å². The van der Waals surface area contributed by atoms with E-state index in [2.05, 4.69) is 5.16 Å². The van der Waals surface area contributed by atoms with Crippen LogP contribution in [0.1, 0.15) is 24.3 Å². The molecule has 108 valence electrons. The Hall–Kier alpha value is -2.11. The van der Waals surface area contributed by atoms with E-state index in [-0.39, 0.29) is 5.91 Å². The summed E-state index contributed by atoms with van der Waals surface area (Å²) in [6, 6.07) is 1.76. The van der Waals surface area contributed by atoms with Crippen LogP contribution >= 0.6 is 0 Å². The van der Waals surface area contributed by atoms with Gasteiger partial charge in [0.05, 0.1) is 18.4 Å². The molecule has 0 radical (unpaired) electrons. The zero-order valence-electron chi connectivity index (χ0n) is 11.6. The number of carbonyl (C=O) groups is 2. The molecule has 20 heavy (non-hydrogen) atoms. The highest BCUT2D eigenvalue weighted by Gasteiger charge is 2.35. The van der Waals surface area contributed by atoms with E-state index in [1.165, 1.54) is 4.90 Å². The lowest BCUT2D eigenvalue weighted by Gasteiger charge is -2.28. The molecular weight excluding hydrogens is 260 g/mol. The van der Waals surface area contributed by atoms with Gasteiger partial charge in [-0.2, -0.15) is 0 Å². The van der Waals surface area contributed by atoms with Gasteiger partial charge in [-0.1, -0.05) is 17.3 Å². The topological polar surface area (TPSA) is 83.6 Å². The lowest BCUT2D eigenvalue weighted by Crippen LogP contribution is -2.39. The molecule has 1 aliphatic carbocycles. The van der Waals surface area contributed by atoms with Gasteiger partial charge in [-0.25, -0.2) is 0 Å². The minimum absolute atomic E-state index is 0.164. The zero-order chi connectivity index (χ0) is 14.7. The van der Waals surface area contributed by atoms with Crippen molar-refractivity contribution in [1.82, 2.24) is 10.1 Å². The van der Waals surface area contributed by atoms with E-state index in [1.54, 1.807) is 20.0 Å². The first-order valence-corrected chi connectivity index (χ1v) is 6.54.